The zero-order valence-electron chi connectivity index (χ0n) is 30.5. The van der Waals surface area contributed by atoms with E-state index in [9.17, 15) is 22.8 Å². The average molecular weight is 734 g/mol. The number of likely N-dealkylation sites (tertiary alicyclic amines) is 2. The van der Waals surface area contributed by atoms with Crippen LogP contribution in [-0.4, -0.2) is 119 Å². The number of rotatable bonds is 7. The van der Waals surface area contributed by atoms with Crippen molar-refractivity contribution in [3.63, 3.8) is 0 Å². The maximum Gasteiger partial charge on any atom is 0.410 e. The first-order valence-corrected chi connectivity index (χ1v) is 20.6. The van der Waals surface area contributed by atoms with E-state index in [2.05, 4.69) is 10.4 Å². The zero-order chi connectivity index (χ0) is 36.6. The van der Waals surface area contributed by atoms with Crippen LogP contribution in [0.25, 0.3) is 10.9 Å². The standard InChI is InChI=1S/C38H51N7O6S/c1-26-22-27(23-31-25-39-41(2)35(26)31)24-34(36(46)42-15-8-28(9-16-42)29-10-19-44(20-11-29)52(3,49)50)51-38(48)43-17-13-32(14-18-43)45-21-12-30-6-4-5-7-33(30)40-37(45)47/h4-7,22-23,25,28-29,32,34H,8-21,24H2,1-3H3,(H,40,47)/t34-/m1/s1. The van der Waals surface area contributed by atoms with Gasteiger partial charge in [0.05, 0.1) is 18.0 Å². The number of ether oxygens (including phenoxy) is 1. The van der Waals surface area contributed by atoms with Crippen molar-refractivity contribution in [3.8, 4) is 0 Å². The molecule has 4 amide bonds. The number of amides is 4. The molecule has 1 N–H and O–H groups in total. The minimum Gasteiger partial charge on any atom is -0.436 e. The Morgan fingerprint density at radius 1 is 0.923 bits per heavy atom. The third-order valence-electron chi connectivity index (χ3n) is 11.8. The van der Waals surface area contributed by atoms with Crippen molar-refractivity contribution < 1.29 is 27.5 Å². The summed E-state index contributed by atoms with van der Waals surface area (Å²) in [6.45, 7) is 5.78. The van der Waals surface area contributed by atoms with Crippen LogP contribution in [0.1, 0.15) is 55.2 Å². The second kappa shape index (κ2) is 15.1. The van der Waals surface area contributed by atoms with Crippen molar-refractivity contribution in [3.05, 3.63) is 59.3 Å². The summed E-state index contributed by atoms with van der Waals surface area (Å²) in [6.07, 6.45) is 7.26. The van der Waals surface area contributed by atoms with E-state index < -0.39 is 22.2 Å². The van der Waals surface area contributed by atoms with Crippen LogP contribution in [0, 0.1) is 18.8 Å². The van der Waals surface area contributed by atoms with E-state index in [4.69, 9.17) is 4.74 Å². The maximum atomic E-state index is 14.2. The van der Waals surface area contributed by atoms with Gasteiger partial charge in [0, 0.05) is 76.4 Å². The van der Waals surface area contributed by atoms with Crippen LogP contribution in [0.15, 0.2) is 42.6 Å². The molecule has 52 heavy (non-hydrogen) atoms. The summed E-state index contributed by atoms with van der Waals surface area (Å²) in [4.78, 5) is 46.5. The van der Waals surface area contributed by atoms with E-state index in [0.717, 1.165) is 65.4 Å². The Kier molecular flexibility index (Phi) is 10.5. The lowest BCUT2D eigenvalue weighted by Gasteiger charge is -2.40. The number of nitrogens with one attached hydrogen (secondary N) is 1. The molecule has 0 bridgehead atoms. The Labute approximate surface area is 306 Å². The van der Waals surface area contributed by atoms with Crippen molar-refractivity contribution in [1.82, 2.24) is 28.8 Å². The van der Waals surface area contributed by atoms with Gasteiger partial charge in [0.2, 0.25) is 10.0 Å². The normalized spacial score (nSPS) is 20.8. The van der Waals surface area contributed by atoms with E-state index in [0.29, 0.717) is 70.5 Å². The first-order chi connectivity index (χ1) is 24.9. The van der Waals surface area contributed by atoms with Crippen LogP contribution in [0.4, 0.5) is 15.3 Å². The molecule has 0 radical (unpaired) electrons. The number of para-hydroxylation sites is 1. The Balaban J connectivity index is 0.996. The third kappa shape index (κ3) is 7.78. The quantitative estimate of drug-likeness (QED) is 0.380. The lowest BCUT2D eigenvalue weighted by molar-refractivity contribution is -0.142. The van der Waals surface area contributed by atoms with Gasteiger partial charge >= 0.3 is 12.1 Å². The predicted molar refractivity (Wildman–Crippen MR) is 198 cm³/mol. The molecule has 1 atom stereocenters. The molecule has 4 aliphatic rings. The van der Waals surface area contributed by atoms with Crippen LogP contribution in [0.2, 0.25) is 0 Å². The van der Waals surface area contributed by atoms with Gasteiger partial charge in [-0.1, -0.05) is 24.3 Å². The van der Waals surface area contributed by atoms with Crippen LogP contribution in [0.5, 0.6) is 0 Å². The minimum atomic E-state index is -3.18. The van der Waals surface area contributed by atoms with Gasteiger partial charge in [-0.25, -0.2) is 22.3 Å². The molecule has 3 fully saturated rings. The second-order valence-electron chi connectivity index (χ2n) is 15.1. The number of carbonyl (C=O) groups is 3. The fourth-order valence-corrected chi connectivity index (χ4v) is 9.78. The number of fused-ring (bicyclic) bond motifs is 2. The van der Waals surface area contributed by atoms with E-state index in [1.807, 2.05) is 71.0 Å². The Hall–Kier alpha value is -4.17. The van der Waals surface area contributed by atoms with Gasteiger partial charge in [0.1, 0.15) is 0 Å². The average Bonchev–Trinajstić information content (AvgIpc) is 3.43. The minimum absolute atomic E-state index is 0.00452. The van der Waals surface area contributed by atoms with Crippen molar-refractivity contribution in [2.45, 2.75) is 70.4 Å². The highest BCUT2D eigenvalue weighted by molar-refractivity contribution is 7.88. The van der Waals surface area contributed by atoms with E-state index in [-0.39, 0.29) is 24.4 Å². The number of nitrogens with zero attached hydrogens (tertiary/aromatic N) is 6. The van der Waals surface area contributed by atoms with Crippen LogP contribution in [-0.2, 0) is 39.4 Å². The molecule has 280 valence electrons. The topological polar surface area (TPSA) is 137 Å². The molecule has 14 heteroatoms. The first-order valence-electron chi connectivity index (χ1n) is 18.7. The molecule has 4 aliphatic heterocycles. The lowest BCUT2D eigenvalue weighted by Crippen LogP contribution is -2.52. The molecule has 1 aromatic heterocycles. The second-order valence-corrected chi connectivity index (χ2v) is 17.1. The molecule has 0 saturated carbocycles. The van der Waals surface area contributed by atoms with E-state index in [1.54, 1.807) is 9.21 Å². The number of aryl methyl sites for hydroxylation is 2. The fourth-order valence-electron chi connectivity index (χ4n) is 8.91. The van der Waals surface area contributed by atoms with Gasteiger partial charge in [-0.3, -0.25) is 9.48 Å². The number of hydrogen-bond acceptors (Lipinski definition) is 7. The highest BCUT2D eigenvalue weighted by atomic mass is 32.2. The van der Waals surface area contributed by atoms with Crippen molar-refractivity contribution in [1.29, 1.82) is 0 Å². The third-order valence-corrected chi connectivity index (χ3v) is 13.1. The van der Waals surface area contributed by atoms with E-state index in [1.165, 1.54) is 6.26 Å². The zero-order valence-corrected chi connectivity index (χ0v) is 31.3. The predicted octanol–water partition coefficient (Wildman–Crippen LogP) is 4.39. The van der Waals surface area contributed by atoms with Gasteiger partial charge in [-0.05, 0) is 92.5 Å². The summed E-state index contributed by atoms with van der Waals surface area (Å²) in [5.74, 6) is 0.694. The first kappa shape index (κ1) is 36.2. The molecular formula is C38H51N7O6S. The summed E-state index contributed by atoms with van der Waals surface area (Å²) in [5.41, 5.74) is 4.94. The highest BCUT2D eigenvalue weighted by Gasteiger charge is 2.37. The highest BCUT2D eigenvalue weighted by Crippen LogP contribution is 2.34. The van der Waals surface area contributed by atoms with Gasteiger partial charge in [-0.2, -0.15) is 5.10 Å². The van der Waals surface area contributed by atoms with Gasteiger partial charge in [0.25, 0.3) is 5.91 Å². The number of piperidine rings is 3. The molecule has 5 heterocycles. The Morgan fingerprint density at radius 2 is 1.58 bits per heavy atom. The number of aromatic nitrogens is 2. The van der Waals surface area contributed by atoms with Crippen LogP contribution in [0.3, 0.4) is 0 Å². The van der Waals surface area contributed by atoms with Crippen molar-refractivity contribution in [2.75, 3.05) is 57.4 Å². The van der Waals surface area contributed by atoms with Gasteiger partial charge in [0.15, 0.2) is 6.10 Å². The Bertz CT molecular complexity index is 1910. The smallest absolute Gasteiger partial charge is 0.410 e. The largest absolute Gasteiger partial charge is 0.436 e. The molecule has 0 aliphatic carbocycles. The molecule has 7 rings (SSSR count). The number of benzene rings is 2. The lowest BCUT2D eigenvalue weighted by atomic mass is 9.79. The molecule has 3 aromatic rings. The number of sulfonamides is 1. The summed E-state index contributed by atoms with van der Waals surface area (Å²) in [6, 6.07) is 11.8. The van der Waals surface area contributed by atoms with Crippen LogP contribution >= 0.6 is 0 Å². The maximum absolute atomic E-state index is 14.2. The summed E-state index contributed by atoms with van der Waals surface area (Å²) >= 11 is 0. The van der Waals surface area contributed by atoms with Gasteiger partial charge < -0.3 is 24.8 Å². The van der Waals surface area contributed by atoms with E-state index >= 15 is 0 Å². The molecule has 0 unspecified atom stereocenters. The Morgan fingerprint density at radius 3 is 2.27 bits per heavy atom. The number of carbonyl (C=O) groups excluding carboxylic acids is 3. The number of anilines is 1. The van der Waals surface area contributed by atoms with Crippen molar-refractivity contribution in [2.24, 2.45) is 18.9 Å². The molecular weight excluding hydrogens is 683 g/mol. The molecule has 2 aromatic carbocycles. The monoisotopic (exact) mass is 733 g/mol. The molecule has 3 saturated heterocycles. The van der Waals surface area contributed by atoms with Gasteiger partial charge in [-0.15, -0.1) is 0 Å². The number of urea groups is 1. The van der Waals surface area contributed by atoms with Crippen molar-refractivity contribution >= 4 is 44.6 Å². The summed E-state index contributed by atoms with van der Waals surface area (Å²) in [5, 5.41) is 8.43. The molecule has 0 spiro atoms. The molecule has 13 nitrogen and oxygen atoms in total. The summed E-state index contributed by atoms with van der Waals surface area (Å²) in [7, 11) is -1.27. The SMILES string of the molecule is Cc1cc(C[C@@H](OC(=O)N2CCC(N3CCc4ccccc4NC3=O)CC2)C(=O)N2CCC(C3CCN(S(C)(=O)=O)CC3)CC2)cc2cnn(C)c12. The number of hydrogen-bond donors (Lipinski definition) is 1. The summed E-state index contributed by atoms with van der Waals surface area (Å²) < 4.78 is 33.6. The fraction of sp³-hybridized carbons (Fsp3) is 0.579. The van der Waals surface area contributed by atoms with Crippen LogP contribution < -0.4 is 5.32 Å².